The van der Waals surface area contributed by atoms with Crippen LogP contribution in [0.15, 0.2) is 6.07 Å². The van der Waals surface area contributed by atoms with Crippen LogP contribution in [-0.2, 0) is 5.41 Å². The van der Waals surface area contributed by atoms with Gasteiger partial charge in [0.05, 0.1) is 12.3 Å². The molecule has 0 spiro atoms. The van der Waals surface area contributed by atoms with Crippen LogP contribution in [0.4, 0.5) is 11.8 Å². The molecule has 0 aromatic carbocycles. The first kappa shape index (κ1) is 21.7. The molecule has 1 heterocycles. The molecule has 0 atom stereocenters. The monoisotopic (exact) mass is 350 g/mol. The molecule has 0 aliphatic heterocycles. The third-order valence-corrected chi connectivity index (χ3v) is 4.37. The minimum atomic E-state index is -0.0348. The van der Waals surface area contributed by atoms with Crippen LogP contribution >= 0.6 is 0 Å². The molecule has 0 fully saturated rings. The number of nitrogens with one attached hydrogen (secondary N) is 1. The number of rotatable bonds is 12. The Kier molecular flexibility index (Phi) is 9.79. The summed E-state index contributed by atoms with van der Waals surface area (Å²) in [5, 5.41) is 12.7. The second-order valence-electron chi connectivity index (χ2n) is 7.68. The molecule has 5 heteroatoms. The third-order valence-electron chi connectivity index (χ3n) is 4.37. The van der Waals surface area contributed by atoms with Gasteiger partial charge in [-0.3, -0.25) is 0 Å². The molecule has 0 radical (unpaired) electrons. The van der Waals surface area contributed by atoms with Crippen molar-refractivity contribution in [3.63, 3.8) is 0 Å². The summed E-state index contributed by atoms with van der Waals surface area (Å²) in [6.07, 6.45) is 7.68. The van der Waals surface area contributed by atoms with Crippen LogP contribution < -0.4 is 10.2 Å². The van der Waals surface area contributed by atoms with Gasteiger partial charge in [-0.2, -0.15) is 4.98 Å². The molecule has 1 rings (SSSR count). The minimum Gasteiger partial charge on any atom is -0.395 e. The maximum Gasteiger partial charge on any atom is 0.224 e. The highest BCUT2D eigenvalue weighted by atomic mass is 16.3. The van der Waals surface area contributed by atoms with Crippen molar-refractivity contribution in [3.05, 3.63) is 11.8 Å². The van der Waals surface area contributed by atoms with E-state index in [2.05, 4.69) is 55.9 Å². The molecule has 0 bridgehead atoms. The van der Waals surface area contributed by atoms with E-state index in [1.165, 1.54) is 32.1 Å². The summed E-state index contributed by atoms with van der Waals surface area (Å²) in [6.45, 7) is 13.3. The Bertz CT molecular complexity index is 485. The first-order chi connectivity index (χ1) is 11.9. The first-order valence-corrected chi connectivity index (χ1v) is 9.91. The molecule has 0 saturated carbocycles. The van der Waals surface area contributed by atoms with Crippen LogP contribution in [-0.4, -0.2) is 41.3 Å². The van der Waals surface area contributed by atoms with Crippen LogP contribution in [0.3, 0.4) is 0 Å². The van der Waals surface area contributed by atoms with E-state index < -0.39 is 0 Å². The second-order valence-corrected chi connectivity index (χ2v) is 7.68. The van der Waals surface area contributed by atoms with Crippen LogP contribution in [0.25, 0.3) is 0 Å². The van der Waals surface area contributed by atoms with E-state index in [0.717, 1.165) is 31.0 Å². The van der Waals surface area contributed by atoms with Crippen LogP contribution in [0.5, 0.6) is 0 Å². The summed E-state index contributed by atoms with van der Waals surface area (Å²) >= 11 is 0. The largest absolute Gasteiger partial charge is 0.395 e. The summed E-state index contributed by atoms with van der Waals surface area (Å²) in [7, 11) is 0. The molecular weight excluding hydrogens is 312 g/mol. The lowest BCUT2D eigenvalue weighted by molar-refractivity contribution is 0.302. The molecule has 25 heavy (non-hydrogen) atoms. The van der Waals surface area contributed by atoms with Gasteiger partial charge in [-0.15, -0.1) is 0 Å². The highest BCUT2D eigenvalue weighted by molar-refractivity contribution is 5.46. The summed E-state index contributed by atoms with van der Waals surface area (Å²) in [4.78, 5) is 11.5. The number of hydrogen-bond donors (Lipinski definition) is 2. The average Bonchev–Trinajstić information content (AvgIpc) is 2.58. The predicted molar refractivity (Wildman–Crippen MR) is 108 cm³/mol. The fraction of sp³-hybridized carbons (Fsp3) is 0.800. The smallest absolute Gasteiger partial charge is 0.224 e. The zero-order valence-electron chi connectivity index (χ0n) is 16.9. The summed E-state index contributed by atoms with van der Waals surface area (Å²) in [6, 6.07) is 2.05. The van der Waals surface area contributed by atoms with Gasteiger partial charge in [-0.1, -0.05) is 59.8 Å². The zero-order valence-corrected chi connectivity index (χ0v) is 16.9. The number of aromatic nitrogens is 2. The van der Waals surface area contributed by atoms with Gasteiger partial charge in [-0.25, -0.2) is 4.98 Å². The fourth-order valence-corrected chi connectivity index (χ4v) is 2.72. The Morgan fingerprint density at radius 3 is 2.32 bits per heavy atom. The van der Waals surface area contributed by atoms with Gasteiger partial charge in [0.2, 0.25) is 5.95 Å². The number of unbranched alkanes of at least 4 members (excludes halogenated alkanes) is 5. The Morgan fingerprint density at radius 2 is 1.72 bits per heavy atom. The Hall–Kier alpha value is -1.36. The lowest BCUT2D eigenvalue weighted by Crippen LogP contribution is -2.28. The summed E-state index contributed by atoms with van der Waals surface area (Å²) in [5.41, 5.74) is 0.992. The molecule has 5 nitrogen and oxygen atoms in total. The standard InChI is InChI=1S/C20H38N4O/c1-6-8-9-10-11-12-13-21-19-22-17(20(3,4)5)16-18(23-19)24(7-2)14-15-25/h16,25H,6-15H2,1-5H3,(H,21,22,23). The maximum absolute atomic E-state index is 9.29. The SMILES string of the molecule is CCCCCCCCNc1nc(N(CC)CCO)cc(C(C)(C)C)n1. The predicted octanol–water partition coefficient (Wildman–Crippen LogP) is 4.37. The van der Waals surface area contributed by atoms with Gasteiger partial charge in [0.25, 0.3) is 0 Å². The third kappa shape index (κ3) is 8.04. The average molecular weight is 351 g/mol. The molecule has 2 N–H and O–H groups in total. The van der Waals surface area contributed by atoms with Gasteiger partial charge in [0.1, 0.15) is 5.82 Å². The lowest BCUT2D eigenvalue weighted by atomic mass is 9.92. The molecule has 0 amide bonds. The van der Waals surface area contributed by atoms with Crippen LogP contribution in [0, 0.1) is 0 Å². The Labute approximate surface area is 154 Å². The van der Waals surface area contributed by atoms with E-state index in [4.69, 9.17) is 4.98 Å². The maximum atomic E-state index is 9.29. The number of hydrogen-bond acceptors (Lipinski definition) is 5. The van der Waals surface area contributed by atoms with Crippen molar-refractivity contribution in [3.8, 4) is 0 Å². The van der Waals surface area contributed by atoms with Gasteiger partial charge in [-0.05, 0) is 13.3 Å². The number of aliphatic hydroxyl groups excluding tert-OH is 1. The van der Waals surface area contributed by atoms with Gasteiger partial charge < -0.3 is 15.3 Å². The molecular formula is C20H38N4O. The Balaban J connectivity index is 2.73. The zero-order chi connectivity index (χ0) is 18.7. The van der Waals surface area contributed by atoms with Gasteiger partial charge in [0.15, 0.2) is 0 Å². The molecule has 0 saturated heterocycles. The second kappa shape index (κ2) is 11.3. The van der Waals surface area contributed by atoms with Crippen molar-refractivity contribution >= 4 is 11.8 Å². The lowest BCUT2D eigenvalue weighted by Gasteiger charge is -2.25. The number of nitrogens with zero attached hydrogens (tertiary/aromatic N) is 3. The highest BCUT2D eigenvalue weighted by Gasteiger charge is 2.19. The van der Waals surface area contributed by atoms with Crippen molar-refractivity contribution in [1.29, 1.82) is 0 Å². The minimum absolute atomic E-state index is 0.0348. The quantitative estimate of drug-likeness (QED) is 0.548. The molecule has 0 aliphatic rings. The van der Waals surface area contributed by atoms with E-state index in [1.807, 2.05) is 0 Å². The summed E-state index contributed by atoms with van der Waals surface area (Å²) < 4.78 is 0. The number of anilines is 2. The van der Waals surface area contributed by atoms with Gasteiger partial charge in [0, 0.05) is 31.1 Å². The topological polar surface area (TPSA) is 61.3 Å². The Morgan fingerprint density at radius 1 is 1.04 bits per heavy atom. The molecule has 144 valence electrons. The molecule has 1 aromatic heterocycles. The van der Waals surface area contributed by atoms with Crippen molar-refractivity contribution in [2.75, 3.05) is 36.5 Å². The van der Waals surface area contributed by atoms with E-state index in [1.54, 1.807) is 0 Å². The van der Waals surface area contributed by atoms with E-state index in [0.29, 0.717) is 12.5 Å². The van der Waals surface area contributed by atoms with E-state index >= 15 is 0 Å². The molecule has 0 aliphatic carbocycles. The van der Waals surface area contributed by atoms with E-state index in [-0.39, 0.29) is 12.0 Å². The first-order valence-electron chi connectivity index (χ1n) is 9.91. The number of likely N-dealkylation sites (N-methyl/N-ethyl adjacent to an activating group) is 1. The number of aliphatic hydroxyl groups is 1. The summed E-state index contributed by atoms with van der Waals surface area (Å²) in [5.74, 6) is 1.59. The molecule has 0 unspecified atom stereocenters. The highest BCUT2D eigenvalue weighted by Crippen LogP contribution is 2.25. The fourth-order valence-electron chi connectivity index (χ4n) is 2.72. The van der Waals surface area contributed by atoms with Crippen molar-refractivity contribution in [2.24, 2.45) is 0 Å². The molecule has 1 aromatic rings. The van der Waals surface area contributed by atoms with Crippen LogP contribution in [0.1, 0.15) is 78.8 Å². The van der Waals surface area contributed by atoms with Crippen molar-refractivity contribution in [1.82, 2.24) is 9.97 Å². The van der Waals surface area contributed by atoms with Gasteiger partial charge >= 0.3 is 0 Å². The van der Waals surface area contributed by atoms with E-state index in [9.17, 15) is 5.11 Å². The van der Waals surface area contributed by atoms with Crippen molar-refractivity contribution in [2.45, 2.75) is 78.6 Å². The van der Waals surface area contributed by atoms with Crippen molar-refractivity contribution < 1.29 is 5.11 Å². The van der Waals surface area contributed by atoms with Crippen LogP contribution in [0.2, 0.25) is 0 Å². The normalized spacial score (nSPS) is 11.6.